The van der Waals surface area contributed by atoms with Crippen molar-refractivity contribution in [2.75, 3.05) is 31.1 Å². The van der Waals surface area contributed by atoms with Gasteiger partial charge in [-0.15, -0.1) is 0 Å². The molecule has 1 aliphatic heterocycles. The highest BCUT2D eigenvalue weighted by atomic mass is 16.2. The van der Waals surface area contributed by atoms with Crippen LogP contribution in [0.15, 0.2) is 36.7 Å². The third-order valence-electron chi connectivity index (χ3n) is 4.86. The van der Waals surface area contributed by atoms with Gasteiger partial charge in [0.05, 0.1) is 5.69 Å². The van der Waals surface area contributed by atoms with Gasteiger partial charge in [-0.3, -0.25) is 9.78 Å². The van der Waals surface area contributed by atoms with E-state index in [4.69, 9.17) is 0 Å². The maximum absolute atomic E-state index is 12.6. The molecule has 4 rings (SSSR count). The molecule has 1 saturated heterocycles. The van der Waals surface area contributed by atoms with Crippen molar-refractivity contribution in [3.8, 4) is 5.82 Å². The summed E-state index contributed by atoms with van der Waals surface area (Å²) in [4.78, 5) is 29.8. The fourth-order valence-electron chi connectivity index (χ4n) is 3.48. The van der Waals surface area contributed by atoms with Crippen molar-refractivity contribution < 1.29 is 4.79 Å². The second kappa shape index (κ2) is 7.38. The number of rotatable bonds is 3. The van der Waals surface area contributed by atoms with Gasteiger partial charge >= 0.3 is 0 Å². The number of amides is 1. The van der Waals surface area contributed by atoms with E-state index in [0.717, 1.165) is 36.1 Å². The first-order valence-corrected chi connectivity index (χ1v) is 9.35. The Bertz CT molecular complexity index is 991. The van der Waals surface area contributed by atoms with Crippen LogP contribution in [0.25, 0.3) is 5.82 Å². The number of aryl methyl sites for hydroxylation is 3. The van der Waals surface area contributed by atoms with Crippen LogP contribution in [0.2, 0.25) is 0 Å². The average molecular weight is 377 g/mol. The van der Waals surface area contributed by atoms with Crippen LogP contribution in [0, 0.1) is 20.8 Å². The number of anilines is 1. The van der Waals surface area contributed by atoms with Crippen molar-refractivity contribution in [1.82, 2.24) is 29.6 Å². The molecule has 3 aromatic heterocycles. The van der Waals surface area contributed by atoms with Crippen LogP contribution >= 0.6 is 0 Å². The summed E-state index contributed by atoms with van der Waals surface area (Å²) >= 11 is 0. The number of nitrogens with zero attached hydrogens (tertiary/aromatic N) is 7. The summed E-state index contributed by atoms with van der Waals surface area (Å²) in [7, 11) is 0. The summed E-state index contributed by atoms with van der Waals surface area (Å²) in [6.07, 6.45) is 3.29. The Morgan fingerprint density at radius 2 is 1.61 bits per heavy atom. The van der Waals surface area contributed by atoms with Crippen LogP contribution < -0.4 is 4.90 Å². The number of carbonyl (C=O) groups excluding carboxylic acids is 1. The van der Waals surface area contributed by atoms with Gasteiger partial charge in [-0.25, -0.2) is 14.6 Å². The summed E-state index contributed by atoms with van der Waals surface area (Å²) in [6.45, 7) is 8.63. The molecular weight excluding hydrogens is 354 g/mol. The first-order valence-electron chi connectivity index (χ1n) is 9.35. The zero-order valence-corrected chi connectivity index (χ0v) is 16.3. The number of carbonyl (C=O) groups is 1. The first kappa shape index (κ1) is 18.1. The fraction of sp³-hybridized carbons (Fsp3) is 0.350. The molecule has 1 amide bonds. The average Bonchev–Trinajstić information content (AvgIpc) is 3.06. The lowest BCUT2D eigenvalue weighted by atomic mass is 10.2. The van der Waals surface area contributed by atoms with Gasteiger partial charge < -0.3 is 9.80 Å². The summed E-state index contributed by atoms with van der Waals surface area (Å²) in [6, 6.07) is 7.50. The normalized spacial score (nSPS) is 14.4. The largest absolute Gasteiger partial charge is 0.353 e. The van der Waals surface area contributed by atoms with Crippen LogP contribution in [-0.2, 0) is 0 Å². The molecule has 3 aromatic rings. The minimum atomic E-state index is 0.0456. The van der Waals surface area contributed by atoms with Gasteiger partial charge in [0.1, 0.15) is 11.6 Å². The van der Waals surface area contributed by atoms with Gasteiger partial charge in [0.2, 0.25) is 0 Å². The molecule has 0 unspecified atom stereocenters. The molecule has 8 heteroatoms. The van der Waals surface area contributed by atoms with Crippen molar-refractivity contribution >= 4 is 11.7 Å². The first-order chi connectivity index (χ1) is 13.5. The molecular formula is C20H23N7O. The highest BCUT2D eigenvalue weighted by molar-refractivity contribution is 5.94. The lowest BCUT2D eigenvalue weighted by Crippen LogP contribution is -2.49. The van der Waals surface area contributed by atoms with Gasteiger partial charge in [0.15, 0.2) is 5.82 Å². The molecule has 0 N–H and O–H groups in total. The Labute approximate surface area is 163 Å². The van der Waals surface area contributed by atoms with Crippen molar-refractivity contribution in [3.63, 3.8) is 0 Å². The van der Waals surface area contributed by atoms with E-state index >= 15 is 0 Å². The Kier molecular flexibility index (Phi) is 4.77. The Balaban J connectivity index is 1.50. The van der Waals surface area contributed by atoms with E-state index in [9.17, 15) is 4.79 Å². The van der Waals surface area contributed by atoms with Gasteiger partial charge in [0, 0.05) is 55.9 Å². The molecule has 0 aliphatic carbocycles. The maximum atomic E-state index is 12.6. The highest BCUT2D eigenvalue weighted by Crippen LogP contribution is 2.19. The van der Waals surface area contributed by atoms with Gasteiger partial charge in [-0.2, -0.15) is 5.10 Å². The second-order valence-corrected chi connectivity index (χ2v) is 6.99. The standard InChI is InChI=1S/C20H23N7O/c1-14-12-15(2)27(24-14)19-13-18(22-16(3)23-19)25-8-10-26(11-9-25)20(28)17-4-6-21-7-5-17/h4-7,12-13H,8-11H2,1-3H3. The lowest BCUT2D eigenvalue weighted by molar-refractivity contribution is 0.0746. The van der Waals surface area contributed by atoms with Crippen LogP contribution in [-0.4, -0.2) is 61.7 Å². The molecule has 0 spiro atoms. The minimum absolute atomic E-state index is 0.0456. The van der Waals surface area contributed by atoms with Crippen LogP contribution in [0.4, 0.5) is 5.82 Å². The smallest absolute Gasteiger partial charge is 0.254 e. The van der Waals surface area contributed by atoms with E-state index in [0.29, 0.717) is 24.5 Å². The Morgan fingerprint density at radius 1 is 0.929 bits per heavy atom. The van der Waals surface area contributed by atoms with E-state index in [1.54, 1.807) is 24.5 Å². The predicted molar refractivity (Wildman–Crippen MR) is 106 cm³/mol. The Hall–Kier alpha value is -3.29. The molecule has 0 aromatic carbocycles. The van der Waals surface area contributed by atoms with Gasteiger partial charge in [-0.05, 0) is 39.0 Å². The molecule has 1 aliphatic rings. The van der Waals surface area contributed by atoms with E-state index < -0.39 is 0 Å². The van der Waals surface area contributed by atoms with Crippen molar-refractivity contribution in [2.45, 2.75) is 20.8 Å². The molecule has 144 valence electrons. The maximum Gasteiger partial charge on any atom is 0.254 e. The summed E-state index contributed by atoms with van der Waals surface area (Å²) in [5, 5.41) is 4.53. The fourth-order valence-corrected chi connectivity index (χ4v) is 3.48. The van der Waals surface area contributed by atoms with Crippen LogP contribution in [0.5, 0.6) is 0 Å². The van der Waals surface area contributed by atoms with E-state index in [-0.39, 0.29) is 5.91 Å². The zero-order valence-electron chi connectivity index (χ0n) is 16.3. The van der Waals surface area contributed by atoms with Crippen LogP contribution in [0.1, 0.15) is 27.6 Å². The number of aromatic nitrogens is 5. The molecule has 0 bridgehead atoms. The topological polar surface area (TPSA) is 80.0 Å². The number of hydrogen-bond donors (Lipinski definition) is 0. The lowest BCUT2D eigenvalue weighted by Gasteiger charge is -2.35. The number of pyridine rings is 1. The molecule has 0 radical (unpaired) electrons. The van der Waals surface area contributed by atoms with Crippen molar-refractivity contribution in [2.24, 2.45) is 0 Å². The van der Waals surface area contributed by atoms with Gasteiger partial charge in [-0.1, -0.05) is 0 Å². The molecule has 0 saturated carbocycles. The third kappa shape index (κ3) is 3.58. The summed E-state index contributed by atoms with van der Waals surface area (Å²) in [5.41, 5.74) is 2.67. The quantitative estimate of drug-likeness (QED) is 0.694. The molecule has 28 heavy (non-hydrogen) atoms. The predicted octanol–water partition coefficient (Wildman–Crippen LogP) is 1.94. The molecule has 0 atom stereocenters. The number of piperazine rings is 1. The Morgan fingerprint density at radius 3 is 2.25 bits per heavy atom. The van der Waals surface area contributed by atoms with Crippen LogP contribution in [0.3, 0.4) is 0 Å². The number of hydrogen-bond acceptors (Lipinski definition) is 6. The third-order valence-corrected chi connectivity index (χ3v) is 4.86. The van der Waals surface area contributed by atoms with E-state index in [1.807, 2.05) is 42.5 Å². The van der Waals surface area contributed by atoms with E-state index in [2.05, 4.69) is 25.0 Å². The molecule has 8 nitrogen and oxygen atoms in total. The van der Waals surface area contributed by atoms with E-state index in [1.165, 1.54) is 0 Å². The molecule has 4 heterocycles. The second-order valence-electron chi connectivity index (χ2n) is 6.99. The summed E-state index contributed by atoms with van der Waals surface area (Å²) in [5.74, 6) is 2.38. The highest BCUT2D eigenvalue weighted by Gasteiger charge is 2.23. The van der Waals surface area contributed by atoms with Crippen molar-refractivity contribution in [1.29, 1.82) is 0 Å². The monoisotopic (exact) mass is 377 g/mol. The minimum Gasteiger partial charge on any atom is -0.353 e. The molecule has 1 fully saturated rings. The van der Waals surface area contributed by atoms with Gasteiger partial charge in [0.25, 0.3) is 5.91 Å². The van der Waals surface area contributed by atoms with Crippen molar-refractivity contribution in [3.05, 3.63) is 59.4 Å². The summed E-state index contributed by atoms with van der Waals surface area (Å²) < 4.78 is 1.84. The zero-order chi connectivity index (χ0) is 19.7. The SMILES string of the molecule is Cc1cc(C)n(-c2cc(N3CCN(C(=O)c4ccncc4)CC3)nc(C)n2)n1.